The van der Waals surface area contributed by atoms with Crippen molar-refractivity contribution in [1.29, 1.82) is 0 Å². The molecule has 5 nitrogen and oxygen atoms in total. The molecule has 1 aromatic carbocycles. The highest BCUT2D eigenvalue weighted by molar-refractivity contribution is 6.29. The van der Waals surface area contributed by atoms with Crippen molar-refractivity contribution >= 4 is 28.9 Å². The van der Waals surface area contributed by atoms with E-state index in [2.05, 4.69) is 63.3 Å². The molecule has 0 radical (unpaired) electrons. The van der Waals surface area contributed by atoms with Crippen molar-refractivity contribution in [3.05, 3.63) is 60.0 Å². The van der Waals surface area contributed by atoms with Crippen molar-refractivity contribution in [1.82, 2.24) is 15.0 Å². The van der Waals surface area contributed by atoms with Gasteiger partial charge in [-0.2, -0.15) is 0 Å². The molecule has 3 rings (SSSR count). The molecule has 3 aromatic rings. The highest BCUT2D eigenvalue weighted by atomic mass is 35.5. The van der Waals surface area contributed by atoms with Crippen LogP contribution in [0.25, 0.3) is 11.3 Å². The number of hydrogen-bond acceptors (Lipinski definition) is 5. The van der Waals surface area contributed by atoms with E-state index >= 15 is 0 Å². The lowest BCUT2D eigenvalue weighted by molar-refractivity contribution is 0.745. The zero-order chi connectivity index (χ0) is 19.1. The second kappa shape index (κ2) is 9.33. The first-order chi connectivity index (χ1) is 13.2. The summed E-state index contributed by atoms with van der Waals surface area (Å²) in [6.07, 6.45) is 5.72. The lowest BCUT2D eigenvalue weighted by Gasteiger charge is -2.24. The third-order valence-corrected chi connectivity index (χ3v) is 4.38. The topological polar surface area (TPSA) is 53.9 Å². The fourth-order valence-electron chi connectivity index (χ4n) is 2.90. The molecule has 27 heavy (non-hydrogen) atoms. The molecule has 0 saturated heterocycles. The van der Waals surface area contributed by atoms with Crippen LogP contribution in [-0.4, -0.2) is 28.0 Å². The molecule has 2 heterocycles. The summed E-state index contributed by atoms with van der Waals surface area (Å²) >= 11 is 5.85. The van der Waals surface area contributed by atoms with Crippen LogP contribution in [0.15, 0.2) is 54.9 Å². The maximum absolute atomic E-state index is 5.85. The predicted octanol–water partition coefficient (Wildman–Crippen LogP) is 5.56. The number of hydrogen-bond donors (Lipinski definition) is 1. The molecular weight excluding hydrogens is 358 g/mol. The van der Waals surface area contributed by atoms with E-state index in [4.69, 9.17) is 11.6 Å². The number of anilines is 3. The molecule has 0 atom stereocenters. The molecule has 0 aliphatic heterocycles. The van der Waals surface area contributed by atoms with E-state index < -0.39 is 0 Å². The van der Waals surface area contributed by atoms with Crippen LogP contribution in [0.5, 0.6) is 0 Å². The summed E-state index contributed by atoms with van der Waals surface area (Å²) in [5.41, 5.74) is 3.89. The van der Waals surface area contributed by atoms with Gasteiger partial charge in [-0.3, -0.25) is 0 Å². The normalized spacial score (nSPS) is 10.6. The zero-order valence-corrected chi connectivity index (χ0v) is 16.4. The van der Waals surface area contributed by atoms with Crippen LogP contribution in [0.4, 0.5) is 17.3 Å². The first-order valence-corrected chi connectivity index (χ1v) is 9.64. The Balaban J connectivity index is 1.73. The Morgan fingerprint density at radius 3 is 2.30 bits per heavy atom. The maximum atomic E-state index is 5.85. The Morgan fingerprint density at radius 1 is 0.926 bits per heavy atom. The maximum Gasteiger partial charge on any atom is 0.227 e. The molecule has 1 N–H and O–H groups in total. The first-order valence-electron chi connectivity index (χ1n) is 9.26. The Labute approximate surface area is 165 Å². The SMILES string of the molecule is CCCN(CCC)c1ccc(Nc2nccc(-c3ccc(Cl)nc3)n2)cc1. The lowest BCUT2D eigenvalue weighted by Crippen LogP contribution is -2.24. The second-order valence-corrected chi connectivity index (χ2v) is 6.68. The molecule has 140 valence electrons. The third kappa shape index (κ3) is 5.17. The molecule has 0 aliphatic carbocycles. The van der Waals surface area contributed by atoms with Gasteiger partial charge in [0.15, 0.2) is 0 Å². The van der Waals surface area contributed by atoms with Crippen molar-refractivity contribution in [3.8, 4) is 11.3 Å². The first kappa shape index (κ1) is 19.1. The average molecular weight is 382 g/mol. The van der Waals surface area contributed by atoms with Crippen LogP contribution < -0.4 is 10.2 Å². The van der Waals surface area contributed by atoms with Crippen molar-refractivity contribution in [2.75, 3.05) is 23.3 Å². The second-order valence-electron chi connectivity index (χ2n) is 6.29. The molecular formula is C21H24ClN5. The summed E-state index contributed by atoms with van der Waals surface area (Å²) in [7, 11) is 0. The summed E-state index contributed by atoms with van der Waals surface area (Å²) in [5, 5.41) is 3.73. The van der Waals surface area contributed by atoms with Gasteiger partial charge in [-0.25, -0.2) is 15.0 Å². The average Bonchev–Trinajstić information content (AvgIpc) is 2.69. The molecule has 0 aliphatic rings. The van der Waals surface area contributed by atoms with E-state index in [-0.39, 0.29) is 0 Å². The lowest BCUT2D eigenvalue weighted by atomic mass is 10.2. The van der Waals surface area contributed by atoms with Gasteiger partial charge in [0.05, 0.1) is 5.69 Å². The van der Waals surface area contributed by atoms with E-state index in [0.29, 0.717) is 11.1 Å². The molecule has 6 heteroatoms. The number of aromatic nitrogens is 3. The monoisotopic (exact) mass is 381 g/mol. The highest BCUT2D eigenvalue weighted by Crippen LogP contribution is 2.22. The number of benzene rings is 1. The summed E-state index contributed by atoms with van der Waals surface area (Å²) in [6, 6.07) is 13.9. The Hall–Kier alpha value is -2.66. The van der Waals surface area contributed by atoms with Gasteiger partial charge in [-0.15, -0.1) is 0 Å². The molecule has 2 aromatic heterocycles. The number of halogens is 1. The van der Waals surface area contributed by atoms with E-state index in [1.807, 2.05) is 12.1 Å². The zero-order valence-electron chi connectivity index (χ0n) is 15.7. The summed E-state index contributed by atoms with van der Waals surface area (Å²) in [5.74, 6) is 0.550. The van der Waals surface area contributed by atoms with Crippen molar-refractivity contribution < 1.29 is 0 Å². The minimum absolute atomic E-state index is 0.464. The minimum atomic E-state index is 0.464. The molecule has 0 unspecified atom stereocenters. The fourth-order valence-corrected chi connectivity index (χ4v) is 3.01. The van der Waals surface area contributed by atoms with Gasteiger partial charge < -0.3 is 10.2 Å². The largest absolute Gasteiger partial charge is 0.372 e. The number of nitrogens with zero attached hydrogens (tertiary/aromatic N) is 4. The summed E-state index contributed by atoms with van der Waals surface area (Å²) in [4.78, 5) is 15.4. The van der Waals surface area contributed by atoms with Gasteiger partial charge in [0.25, 0.3) is 0 Å². The van der Waals surface area contributed by atoms with Crippen molar-refractivity contribution in [2.24, 2.45) is 0 Å². The molecule has 0 saturated carbocycles. The van der Waals surface area contributed by atoms with Crippen molar-refractivity contribution in [3.63, 3.8) is 0 Å². The van der Waals surface area contributed by atoms with Crippen LogP contribution in [0.3, 0.4) is 0 Å². The van der Waals surface area contributed by atoms with Gasteiger partial charge in [0.2, 0.25) is 5.95 Å². The van der Waals surface area contributed by atoms with Crippen LogP contribution in [-0.2, 0) is 0 Å². The van der Waals surface area contributed by atoms with E-state index in [9.17, 15) is 0 Å². The van der Waals surface area contributed by atoms with E-state index in [1.54, 1.807) is 18.5 Å². The molecule has 0 fully saturated rings. The van der Waals surface area contributed by atoms with Crippen LogP contribution in [0.1, 0.15) is 26.7 Å². The highest BCUT2D eigenvalue weighted by Gasteiger charge is 2.06. The minimum Gasteiger partial charge on any atom is -0.372 e. The fraction of sp³-hybridized carbons (Fsp3) is 0.286. The Kier molecular flexibility index (Phi) is 6.60. The van der Waals surface area contributed by atoms with Gasteiger partial charge >= 0.3 is 0 Å². The quantitative estimate of drug-likeness (QED) is 0.517. The van der Waals surface area contributed by atoms with Crippen LogP contribution in [0.2, 0.25) is 5.15 Å². The predicted molar refractivity (Wildman–Crippen MR) is 113 cm³/mol. The third-order valence-electron chi connectivity index (χ3n) is 4.15. The number of nitrogens with one attached hydrogen (secondary N) is 1. The van der Waals surface area contributed by atoms with Crippen LogP contribution in [0, 0.1) is 0 Å². The summed E-state index contributed by atoms with van der Waals surface area (Å²) in [6.45, 7) is 6.56. The molecule has 0 bridgehead atoms. The van der Waals surface area contributed by atoms with Gasteiger partial charge in [-0.1, -0.05) is 25.4 Å². The molecule has 0 spiro atoms. The smallest absolute Gasteiger partial charge is 0.227 e. The molecule has 0 amide bonds. The number of pyridine rings is 1. The van der Waals surface area contributed by atoms with Gasteiger partial charge in [0.1, 0.15) is 5.15 Å². The Morgan fingerprint density at radius 2 is 1.67 bits per heavy atom. The number of rotatable bonds is 8. The van der Waals surface area contributed by atoms with Gasteiger partial charge in [0, 0.05) is 42.4 Å². The van der Waals surface area contributed by atoms with E-state index in [0.717, 1.165) is 42.9 Å². The van der Waals surface area contributed by atoms with Crippen molar-refractivity contribution in [2.45, 2.75) is 26.7 Å². The van der Waals surface area contributed by atoms with Crippen LogP contribution >= 0.6 is 11.6 Å². The van der Waals surface area contributed by atoms with E-state index in [1.165, 1.54) is 5.69 Å². The standard InChI is InChI=1S/C21H24ClN5/c1-3-13-27(14-4-2)18-8-6-17(7-9-18)25-21-23-12-11-19(26-21)16-5-10-20(22)24-15-16/h5-12,15H,3-4,13-14H2,1-2H3,(H,23,25,26). The Bertz CT molecular complexity index is 843. The summed E-state index contributed by atoms with van der Waals surface area (Å²) < 4.78 is 0. The van der Waals surface area contributed by atoms with Gasteiger partial charge in [-0.05, 0) is 55.3 Å².